The normalized spacial score (nSPS) is 16.9. The van der Waals surface area contributed by atoms with Crippen molar-refractivity contribution in [1.29, 1.82) is 0 Å². The van der Waals surface area contributed by atoms with Crippen molar-refractivity contribution >= 4 is 11.7 Å². The lowest BCUT2D eigenvalue weighted by Crippen LogP contribution is -2.45. The second-order valence-corrected chi connectivity index (χ2v) is 5.80. The van der Waals surface area contributed by atoms with Crippen LogP contribution < -0.4 is 5.73 Å². The quantitative estimate of drug-likeness (QED) is 0.669. The number of esters is 1. The lowest BCUT2D eigenvalue weighted by atomic mass is 10.0. The Labute approximate surface area is 126 Å². The number of nitrogen functional groups attached to an aromatic ring is 1. The van der Waals surface area contributed by atoms with Crippen LogP contribution in [0.25, 0.3) is 0 Å². The van der Waals surface area contributed by atoms with Crippen molar-refractivity contribution in [2.45, 2.75) is 13.8 Å². The number of carbonyl (C=O) groups excluding carboxylic acids is 1. The van der Waals surface area contributed by atoms with Crippen LogP contribution in [-0.4, -0.2) is 62.1 Å². The van der Waals surface area contributed by atoms with Gasteiger partial charge in [-0.2, -0.15) is 0 Å². The fourth-order valence-corrected chi connectivity index (χ4v) is 2.51. The van der Waals surface area contributed by atoms with E-state index in [4.69, 9.17) is 10.5 Å². The second-order valence-electron chi connectivity index (χ2n) is 5.80. The maximum atomic E-state index is 12.1. The van der Waals surface area contributed by atoms with Crippen LogP contribution in [0, 0.1) is 13.8 Å². The number of nitrogens with zero attached hydrogens (tertiary/aromatic N) is 2. The molecule has 0 aromatic heterocycles. The highest BCUT2D eigenvalue weighted by molar-refractivity contribution is 5.92. The number of likely N-dealkylation sites (N-methyl/N-ethyl adjacent to an activating group) is 1. The molecule has 0 unspecified atom stereocenters. The zero-order chi connectivity index (χ0) is 15.4. The first kappa shape index (κ1) is 15.8. The lowest BCUT2D eigenvalue weighted by molar-refractivity contribution is 0.0431. The zero-order valence-corrected chi connectivity index (χ0v) is 13.2. The third-order valence-electron chi connectivity index (χ3n) is 4.07. The van der Waals surface area contributed by atoms with Gasteiger partial charge in [-0.15, -0.1) is 0 Å². The Kier molecular flexibility index (Phi) is 5.20. The van der Waals surface area contributed by atoms with E-state index in [-0.39, 0.29) is 5.97 Å². The number of hydrogen-bond donors (Lipinski definition) is 1. The Morgan fingerprint density at radius 2 is 1.86 bits per heavy atom. The van der Waals surface area contributed by atoms with Crippen LogP contribution in [0.2, 0.25) is 0 Å². The summed E-state index contributed by atoms with van der Waals surface area (Å²) in [5.74, 6) is -0.284. The molecule has 5 nitrogen and oxygen atoms in total. The highest BCUT2D eigenvalue weighted by atomic mass is 16.5. The van der Waals surface area contributed by atoms with E-state index in [1.165, 1.54) is 0 Å². The maximum Gasteiger partial charge on any atom is 0.338 e. The number of aryl methyl sites for hydroxylation is 2. The third kappa shape index (κ3) is 4.19. The van der Waals surface area contributed by atoms with Crippen LogP contribution in [-0.2, 0) is 4.74 Å². The minimum atomic E-state index is -0.284. The van der Waals surface area contributed by atoms with Crippen molar-refractivity contribution in [2.24, 2.45) is 0 Å². The summed E-state index contributed by atoms with van der Waals surface area (Å²) in [7, 11) is 2.13. The average molecular weight is 291 g/mol. The van der Waals surface area contributed by atoms with E-state index in [1.807, 2.05) is 19.9 Å². The molecule has 1 aromatic rings. The second kappa shape index (κ2) is 6.91. The average Bonchev–Trinajstić information content (AvgIpc) is 2.45. The van der Waals surface area contributed by atoms with Gasteiger partial charge in [-0.1, -0.05) is 6.07 Å². The molecule has 0 atom stereocenters. The van der Waals surface area contributed by atoms with Gasteiger partial charge in [0.1, 0.15) is 6.61 Å². The molecule has 0 bridgehead atoms. The number of rotatable bonds is 4. The van der Waals surface area contributed by atoms with Gasteiger partial charge in [-0.3, -0.25) is 4.90 Å². The molecule has 1 aliphatic rings. The monoisotopic (exact) mass is 291 g/mol. The molecule has 2 N–H and O–H groups in total. The van der Waals surface area contributed by atoms with Gasteiger partial charge >= 0.3 is 5.97 Å². The van der Waals surface area contributed by atoms with Crippen LogP contribution in [0.3, 0.4) is 0 Å². The SMILES string of the molecule is Cc1cc(C)c(C(=O)OCCN2CCN(C)CC2)cc1N. The molecule has 1 aliphatic heterocycles. The smallest absolute Gasteiger partial charge is 0.338 e. The highest BCUT2D eigenvalue weighted by Gasteiger charge is 2.15. The van der Waals surface area contributed by atoms with Crippen LogP contribution >= 0.6 is 0 Å². The van der Waals surface area contributed by atoms with E-state index in [9.17, 15) is 4.79 Å². The topological polar surface area (TPSA) is 58.8 Å². The Morgan fingerprint density at radius 3 is 2.52 bits per heavy atom. The molecular formula is C16H25N3O2. The van der Waals surface area contributed by atoms with Crippen LogP contribution in [0.4, 0.5) is 5.69 Å². The first-order valence-corrected chi connectivity index (χ1v) is 7.42. The molecule has 116 valence electrons. The van der Waals surface area contributed by atoms with Crippen molar-refractivity contribution in [3.05, 3.63) is 28.8 Å². The van der Waals surface area contributed by atoms with E-state index >= 15 is 0 Å². The van der Waals surface area contributed by atoms with Gasteiger partial charge in [0.25, 0.3) is 0 Å². The summed E-state index contributed by atoms with van der Waals surface area (Å²) in [5.41, 5.74) is 8.96. The van der Waals surface area contributed by atoms with Gasteiger partial charge in [0.05, 0.1) is 5.56 Å². The summed E-state index contributed by atoms with van der Waals surface area (Å²) in [4.78, 5) is 16.7. The van der Waals surface area contributed by atoms with Crippen molar-refractivity contribution in [3.8, 4) is 0 Å². The van der Waals surface area contributed by atoms with Crippen molar-refractivity contribution in [1.82, 2.24) is 9.80 Å². The van der Waals surface area contributed by atoms with Gasteiger partial charge in [0.2, 0.25) is 0 Å². The number of hydrogen-bond acceptors (Lipinski definition) is 5. The standard InChI is InChI=1S/C16H25N3O2/c1-12-10-13(2)15(17)11-14(12)16(20)21-9-8-19-6-4-18(3)5-7-19/h10-11H,4-9,17H2,1-3H3. The number of ether oxygens (including phenoxy) is 1. The summed E-state index contributed by atoms with van der Waals surface area (Å²) >= 11 is 0. The zero-order valence-electron chi connectivity index (χ0n) is 13.2. The van der Waals surface area contributed by atoms with Gasteiger partial charge in [-0.05, 0) is 38.1 Å². The largest absolute Gasteiger partial charge is 0.461 e. The Morgan fingerprint density at radius 1 is 1.19 bits per heavy atom. The molecule has 0 amide bonds. The summed E-state index contributed by atoms with van der Waals surface area (Å²) < 4.78 is 5.38. The Hall–Kier alpha value is -1.59. The van der Waals surface area contributed by atoms with Crippen LogP contribution in [0.15, 0.2) is 12.1 Å². The fraction of sp³-hybridized carbons (Fsp3) is 0.562. The molecule has 1 fully saturated rings. The predicted octanol–water partition coefficient (Wildman–Crippen LogP) is 1.29. The van der Waals surface area contributed by atoms with Gasteiger partial charge in [-0.25, -0.2) is 4.79 Å². The van der Waals surface area contributed by atoms with E-state index in [2.05, 4.69) is 16.8 Å². The summed E-state index contributed by atoms with van der Waals surface area (Å²) in [5, 5.41) is 0. The van der Waals surface area contributed by atoms with Crippen molar-refractivity contribution < 1.29 is 9.53 Å². The van der Waals surface area contributed by atoms with Crippen molar-refractivity contribution in [3.63, 3.8) is 0 Å². The molecule has 0 saturated carbocycles. The Balaban J connectivity index is 1.83. The molecule has 1 heterocycles. The first-order valence-electron chi connectivity index (χ1n) is 7.42. The highest BCUT2D eigenvalue weighted by Crippen LogP contribution is 2.18. The molecule has 0 spiro atoms. The maximum absolute atomic E-state index is 12.1. The van der Waals surface area contributed by atoms with Gasteiger partial charge < -0.3 is 15.4 Å². The first-order chi connectivity index (χ1) is 9.97. The van der Waals surface area contributed by atoms with E-state index in [0.29, 0.717) is 17.9 Å². The molecule has 1 aromatic carbocycles. The molecular weight excluding hydrogens is 266 g/mol. The predicted molar refractivity (Wildman–Crippen MR) is 84.5 cm³/mol. The number of anilines is 1. The minimum Gasteiger partial charge on any atom is -0.461 e. The van der Waals surface area contributed by atoms with E-state index in [1.54, 1.807) is 6.07 Å². The summed E-state index contributed by atoms with van der Waals surface area (Å²) in [6, 6.07) is 3.63. The molecule has 2 rings (SSSR count). The molecule has 0 aliphatic carbocycles. The summed E-state index contributed by atoms with van der Waals surface area (Å²) in [6.07, 6.45) is 0. The number of benzene rings is 1. The Bertz CT molecular complexity index is 508. The molecule has 0 radical (unpaired) electrons. The number of nitrogens with two attached hydrogens (primary N) is 1. The van der Waals surface area contributed by atoms with E-state index in [0.717, 1.165) is 43.9 Å². The number of carbonyl (C=O) groups is 1. The lowest BCUT2D eigenvalue weighted by Gasteiger charge is -2.32. The van der Waals surface area contributed by atoms with Gasteiger partial charge in [0.15, 0.2) is 0 Å². The third-order valence-corrected chi connectivity index (χ3v) is 4.07. The van der Waals surface area contributed by atoms with Crippen LogP contribution in [0.5, 0.6) is 0 Å². The molecule has 1 saturated heterocycles. The molecule has 21 heavy (non-hydrogen) atoms. The minimum absolute atomic E-state index is 0.284. The molecule has 5 heteroatoms. The van der Waals surface area contributed by atoms with E-state index < -0.39 is 0 Å². The van der Waals surface area contributed by atoms with Gasteiger partial charge in [0, 0.05) is 38.4 Å². The fourth-order valence-electron chi connectivity index (χ4n) is 2.51. The summed E-state index contributed by atoms with van der Waals surface area (Å²) in [6.45, 7) is 9.27. The van der Waals surface area contributed by atoms with Crippen LogP contribution in [0.1, 0.15) is 21.5 Å². The number of piperazine rings is 1. The van der Waals surface area contributed by atoms with Crippen molar-refractivity contribution in [2.75, 3.05) is 52.1 Å².